The summed E-state index contributed by atoms with van der Waals surface area (Å²) in [5.74, 6) is 2.64. The number of para-hydroxylation sites is 4. The number of aromatic nitrogens is 4. The first-order valence-corrected chi connectivity index (χ1v) is 16.1. The van der Waals surface area contributed by atoms with Gasteiger partial charge in [-0.05, 0) is 79.1 Å². The lowest BCUT2D eigenvalue weighted by molar-refractivity contribution is 0.279. The second kappa shape index (κ2) is 10.2. The van der Waals surface area contributed by atoms with Gasteiger partial charge >= 0.3 is 0 Å². The predicted octanol–water partition coefficient (Wildman–Crippen LogP) is 10.2. The van der Waals surface area contributed by atoms with Crippen molar-refractivity contribution in [1.82, 2.24) is 19.1 Å². The van der Waals surface area contributed by atoms with Crippen molar-refractivity contribution < 1.29 is 0 Å². The molecule has 4 aromatic carbocycles. The number of hydrogen-bond acceptors (Lipinski definition) is 2. The van der Waals surface area contributed by atoms with Gasteiger partial charge in [-0.3, -0.25) is 9.13 Å². The SMILES string of the molecule is CC1CCC(c2ccc(-n3c4ccccc4c4ccccc43)nc2)(c2ccc(-n3c4ccccc4c4ccccc43)nc2)CC1. The van der Waals surface area contributed by atoms with Crippen molar-refractivity contribution in [2.75, 3.05) is 0 Å². The molecule has 1 fully saturated rings. The monoisotopic (exact) mass is 582 g/mol. The van der Waals surface area contributed by atoms with Gasteiger partial charge in [0.2, 0.25) is 0 Å². The van der Waals surface area contributed by atoms with Crippen LogP contribution >= 0.6 is 0 Å². The molecule has 0 amide bonds. The van der Waals surface area contributed by atoms with Crippen LogP contribution in [0.3, 0.4) is 0 Å². The first kappa shape index (κ1) is 26.2. The topological polar surface area (TPSA) is 35.6 Å². The quantitative estimate of drug-likeness (QED) is 0.207. The number of hydrogen-bond donors (Lipinski definition) is 0. The number of pyridine rings is 2. The standard InChI is InChI=1S/C41H34N4/c1-28-22-24-41(25-23-28,29-18-20-39(42-26-29)44-35-14-6-2-10-31(35)32-11-3-7-15-36(32)44)30-19-21-40(43-27-30)45-37-16-8-4-12-33(37)34-13-5-9-17-38(34)45/h2-21,26-28H,22-25H2,1H3. The van der Waals surface area contributed by atoms with Crippen molar-refractivity contribution >= 4 is 43.6 Å². The molecule has 0 atom stereocenters. The summed E-state index contributed by atoms with van der Waals surface area (Å²) in [6, 6.07) is 43.6. The van der Waals surface area contributed by atoms with E-state index in [-0.39, 0.29) is 5.41 Å². The second-order valence-electron chi connectivity index (χ2n) is 12.8. The molecule has 0 spiro atoms. The summed E-state index contributed by atoms with van der Waals surface area (Å²) in [5.41, 5.74) is 7.20. The molecule has 4 heterocycles. The molecule has 0 unspecified atom stereocenters. The second-order valence-corrected chi connectivity index (χ2v) is 12.8. The molecule has 0 radical (unpaired) electrons. The third-order valence-corrected chi connectivity index (χ3v) is 10.3. The maximum absolute atomic E-state index is 5.15. The van der Waals surface area contributed by atoms with E-state index in [4.69, 9.17) is 9.97 Å². The molecule has 9 rings (SSSR count). The van der Waals surface area contributed by atoms with Gasteiger partial charge in [0, 0.05) is 39.4 Å². The molecule has 4 nitrogen and oxygen atoms in total. The van der Waals surface area contributed by atoms with Crippen LogP contribution in [-0.4, -0.2) is 19.1 Å². The van der Waals surface area contributed by atoms with Gasteiger partial charge in [0.05, 0.1) is 22.1 Å². The van der Waals surface area contributed by atoms with Crippen molar-refractivity contribution in [2.24, 2.45) is 5.92 Å². The van der Waals surface area contributed by atoms with Crippen LogP contribution in [0.2, 0.25) is 0 Å². The zero-order valence-electron chi connectivity index (χ0n) is 25.4. The van der Waals surface area contributed by atoms with E-state index in [2.05, 4.69) is 150 Å². The number of rotatable bonds is 4. The molecule has 45 heavy (non-hydrogen) atoms. The molecule has 1 saturated carbocycles. The Balaban J connectivity index is 1.14. The first-order chi connectivity index (χ1) is 22.2. The highest BCUT2D eigenvalue weighted by Crippen LogP contribution is 2.46. The molecule has 1 aliphatic carbocycles. The molecule has 1 aliphatic rings. The van der Waals surface area contributed by atoms with Crippen molar-refractivity contribution in [2.45, 2.75) is 38.0 Å². The van der Waals surface area contributed by atoms with Gasteiger partial charge in [0.15, 0.2) is 0 Å². The van der Waals surface area contributed by atoms with Crippen molar-refractivity contribution in [3.8, 4) is 11.6 Å². The summed E-state index contributed by atoms with van der Waals surface area (Å²) in [6.07, 6.45) is 8.86. The summed E-state index contributed by atoms with van der Waals surface area (Å²) in [7, 11) is 0. The maximum atomic E-state index is 5.15. The molecule has 218 valence electrons. The van der Waals surface area contributed by atoms with Gasteiger partial charge in [0.1, 0.15) is 11.6 Å². The Bertz CT molecular complexity index is 2070. The Hall–Kier alpha value is -5.22. The van der Waals surface area contributed by atoms with E-state index in [1.807, 2.05) is 0 Å². The summed E-state index contributed by atoms with van der Waals surface area (Å²) in [6.45, 7) is 2.39. The van der Waals surface area contributed by atoms with Crippen LogP contribution in [0.1, 0.15) is 43.7 Å². The third kappa shape index (κ3) is 3.98. The molecule has 0 aliphatic heterocycles. The van der Waals surface area contributed by atoms with Gasteiger partial charge in [-0.15, -0.1) is 0 Å². The lowest BCUT2D eigenvalue weighted by atomic mass is 9.64. The Morgan fingerprint density at radius 1 is 0.489 bits per heavy atom. The molecular weight excluding hydrogens is 548 g/mol. The molecule has 8 aromatic rings. The van der Waals surface area contributed by atoms with E-state index in [9.17, 15) is 0 Å². The van der Waals surface area contributed by atoms with Crippen LogP contribution < -0.4 is 0 Å². The van der Waals surface area contributed by atoms with Crippen LogP contribution in [-0.2, 0) is 5.41 Å². The van der Waals surface area contributed by atoms with Crippen LogP contribution in [0.5, 0.6) is 0 Å². The average molecular weight is 583 g/mol. The minimum atomic E-state index is -0.106. The fourth-order valence-corrected chi connectivity index (χ4v) is 7.94. The van der Waals surface area contributed by atoms with Crippen LogP contribution in [0.25, 0.3) is 55.2 Å². The van der Waals surface area contributed by atoms with Crippen molar-refractivity contribution in [1.29, 1.82) is 0 Å². The zero-order valence-corrected chi connectivity index (χ0v) is 25.4. The van der Waals surface area contributed by atoms with E-state index < -0.39 is 0 Å². The van der Waals surface area contributed by atoms with Gasteiger partial charge in [-0.2, -0.15) is 0 Å². The van der Waals surface area contributed by atoms with E-state index in [1.54, 1.807) is 0 Å². The number of nitrogens with zero attached hydrogens (tertiary/aromatic N) is 4. The zero-order chi connectivity index (χ0) is 30.0. The molecule has 4 aromatic heterocycles. The Morgan fingerprint density at radius 2 is 0.844 bits per heavy atom. The minimum absolute atomic E-state index is 0.106. The largest absolute Gasteiger partial charge is 0.294 e. The van der Waals surface area contributed by atoms with E-state index in [1.165, 1.54) is 67.6 Å². The van der Waals surface area contributed by atoms with E-state index in [0.717, 1.165) is 30.4 Å². The number of benzene rings is 4. The van der Waals surface area contributed by atoms with Gasteiger partial charge in [-0.1, -0.05) is 91.9 Å². The molecule has 4 heteroatoms. The van der Waals surface area contributed by atoms with Crippen molar-refractivity contribution in [3.63, 3.8) is 0 Å². The summed E-state index contributed by atoms with van der Waals surface area (Å²) in [4.78, 5) is 10.3. The molecule has 0 bridgehead atoms. The highest BCUT2D eigenvalue weighted by molar-refractivity contribution is 6.10. The Labute approximate surface area is 262 Å². The highest BCUT2D eigenvalue weighted by Gasteiger charge is 2.38. The summed E-state index contributed by atoms with van der Waals surface area (Å²) < 4.78 is 4.60. The lowest BCUT2D eigenvalue weighted by Gasteiger charge is -2.40. The van der Waals surface area contributed by atoms with Gasteiger partial charge in [-0.25, -0.2) is 9.97 Å². The lowest BCUT2D eigenvalue weighted by Crippen LogP contribution is -2.33. The Morgan fingerprint density at radius 3 is 1.18 bits per heavy atom. The molecule has 0 saturated heterocycles. The summed E-state index contributed by atoms with van der Waals surface area (Å²) in [5, 5.41) is 5.02. The maximum Gasteiger partial charge on any atom is 0.137 e. The minimum Gasteiger partial charge on any atom is -0.294 e. The highest BCUT2D eigenvalue weighted by atomic mass is 15.1. The van der Waals surface area contributed by atoms with Gasteiger partial charge in [0.25, 0.3) is 0 Å². The first-order valence-electron chi connectivity index (χ1n) is 16.1. The number of fused-ring (bicyclic) bond motifs is 6. The van der Waals surface area contributed by atoms with Crippen LogP contribution in [0, 0.1) is 5.92 Å². The third-order valence-electron chi connectivity index (χ3n) is 10.3. The predicted molar refractivity (Wildman–Crippen MR) is 186 cm³/mol. The normalized spacial score (nSPS) is 15.4. The average Bonchev–Trinajstić information content (AvgIpc) is 3.62. The fourth-order valence-electron chi connectivity index (χ4n) is 7.94. The van der Waals surface area contributed by atoms with Crippen LogP contribution in [0.15, 0.2) is 134 Å². The fraction of sp³-hybridized carbons (Fsp3) is 0.171. The Kier molecular flexibility index (Phi) is 5.92. The summed E-state index contributed by atoms with van der Waals surface area (Å²) >= 11 is 0. The molecular formula is C41H34N4. The molecule has 0 N–H and O–H groups in total. The smallest absolute Gasteiger partial charge is 0.137 e. The van der Waals surface area contributed by atoms with E-state index >= 15 is 0 Å². The van der Waals surface area contributed by atoms with Gasteiger partial charge < -0.3 is 0 Å². The van der Waals surface area contributed by atoms with Crippen molar-refractivity contribution in [3.05, 3.63) is 145 Å². The van der Waals surface area contributed by atoms with E-state index in [0.29, 0.717) is 0 Å². The van der Waals surface area contributed by atoms with Crippen LogP contribution in [0.4, 0.5) is 0 Å².